The highest BCUT2D eigenvalue weighted by atomic mass is 35.5. The molecule has 0 unspecified atom stereocenters. The van der Waals surface area contributed by atoms with E-state index < -0.39 is 30.3 Å². The van der Waals surface area contributed by atoms with Crippen molar-refractivity contribution in [3.05, 3.63) is 17.2 Å². The number of aromatic nitrogens is 3. The van der Waals surface area contributed by atoms with Crippen LogP contribution in [0, 0.1) is 11.7 Å². The summed E-state index contributed by atoms with van der Waals surface area (Å²) in [6.45, 7) is -1.08. The fourth-order valence-electron chi connectivity index (χ4n) is 5.77. The number of halogens is 4. The Morgan fingerprint density at radius 3 is 3.00 bits per heavy atom. The van der Waals surface area contributed by atoms with Gasteiger partial charge in [-0.25, -0.2) is 18.2 Å². The molecule has 172 valence electrons. The van der Waals surface area contributed by atoms with Gasteiger partial charge in [-0.1, -0.05) is 18.0 Å². The molecule has 4 aliphatic rings. The Balaban J connectivity index is 1.44. The van der Waals surface area contributed by atoms with Crippen molar-refractivity contribution in [2.24, 2.45) is 5.92 Å². The Morgan fingerprint density at radius 2 is 2.12 bits per heavy atom. The molecule has 2 aromatic rings. The molecule has 6 rings (SSSR count). The van der Waals surface area contributed by atoms with Crippen molar-refractivity contribution >= 4 is 28.3 Å². The lowest BCUT2D eigenvalue weighted by Gasteiger charge is -2.31. The van der Waals surface area contributed by atoms with Crippen molar-refractivity contribution in [3.63, 3.8) is 0 Å². The lowest BCUT2D eigenvalue weighted by atomic mass is 9.95. The van der Waals surface area contributed by atoms with Gasteiger partial charge >= 0.3 is 6.01 Å². The molecule has 3 aliphatic heterocycles. The monoisotopic (exact) mass is 469 g/mol. The maximum Gasteiger partial charge on any atom is 0.319 e. The van der Waals surface area contributed by atoms with Crippen LogP contribution in [0.4, 0.5) is 19.0 Å². The van der Waals surface area contributed by atoms with Crippen LogP contribution in [0.1, 0.15) is 41.3 Å². The number of alkyl halides is 2. The number of rotatable bonds is 4. The first-order valence-electron chi connectivity index (χ1n) is 12.2. The van der Waals surface area contributed by atoms with Crippen LogP contribution in [0.5, 0.6) is 6.01 Å². The summed E-state index contributed by atoms with van der Waals surface area (Å²) >= 11 is 5.91. The lowest BCUT2D eigenvalue weighted by Crippen LogP contribution is -2.43. The zero-order chi connectivity index (χ0) is 23.8. The molecule has 0 N–H and O–H groups in total. The first kappa shape index (κ1) is 18.5. The van der Waals surface area contributed by atoms with Crippen LogP contribution in [0.3, 0.4) is 0 Å². The Morgan fingerprint density at radius 1 is 1.25 bits per heavy atom. The van der Waals surface area contributed by atoms with E-state index in [1.807, 2.05) is 0 Å². The number of ether oxygens (including phenoxy) is 1. The fourth-order valence-corrected chi connectivity index (χ4v) is 5.91. The second-order valence-corrected chi connectivity index (χ2v) is 9.69. The summed E-state index contributed by atoms with van der Waals surface area (Å²) in [6, 6.07) is -0.760. The molecule has 5 heterocycles. The summed E-state index contributed by atoms with van der Waals surface area (Å²) in [5.74, 6) is -0.733. The summed E-state index contributed by atoms with van der Waals surface area (Å²) in [4.78, 5) is 16.1. The van der Waals surface area contributed by atoms with Gasteiger partial charge in [-0.3, -0.25) is 4.90 Å². The van der Waals surface area contributed by atoms with E-state index in [2.05, 4.69) is 15.0 Å². The van der Waals surface area contributed by atoms with Crippen molar-refractivity contribution < 1.29 is 20.6 Å². The van der Waals surface area contributed by atoms with Gasteiger partial charge in [0.25, 0.3) is 0 Å². The predicted molar refractivity (Wildman–Crippen MR) is 114 cm³/mol. The fraction of sp³-hybridized carbons (Fsp3) is 0.682. The molecule has 10 heteroatoms. The Hall–Kier alpha value is -1.87. The van der Waals surface area contributed by atoms with Crippen molar-refractivity contribution in [1.82, 2.24) is 19.9 Å². The molecule has 2 aromatic heterocycles. The molecular weight excluding hydrogens is 443 g/mol. The Labute approximate surface area is 191 Å². The zero-order valence-electron chi connectivity index (χ0n) is 19.4. The third-order valence-corrected chi connectivity index (χ3v) is 7.65. The third kappa shape index (κ3) is 3.22. The van der Waals surface area contributed by atoms with Gasteiger partial charge in [0, 0.05) is 31.6 Å². The predicted octanol–water partition coefficient (Wildman–Crippen LogP) is 4.10. The van der Waals surface area contributed by atoms with Crippen LogP contribution >= 0.6 is 11.6 Å². The van der Waals surface area contributed by atoms with E-state index in [0.29, 0.717) is 19.5 Å². The number of pyridine rings is 1. The minimum absolute atomic E-state index is 0.00393. The number of anilines is 1. The lowest BCUT2D eigenvalue weighted by molar-refractivity contribution is 0.107. The first-order chi connectivity index (χ1) is 16.2. The molecular formula is C22H25ClF3N5O. The zero-order valence-corrected chi connectivity index (χ0v) is 18.2. The van der Waals surface area contributed by atoms with Crippen molar-refractivity contribution in [2.45, 2.75) is 62.4 Å². The van der Waals surface area contributed by atoms with Crippen molar-refractivity contribution in [1.29, 1.82) is 0 Å². The first-order valence-corrected chi connectivity index (χ1v) is 11.6. The quantitative estimate of drug-likeness (QED) is 0.628. The van der Waals surface area contributed by atoms with E-state index in [4.69, 9.17) is 19.1 Å². The summed E-state index contributed by atoms with van der Waals surface area (Å²) < 4.78 is 67.1. The molecule has 3 saturated heterocycles. The molecule has 0 radical (unpaired) electrons. The molecule has 0 amide bonds. The van der Waals surface area contributed by atoms with Crippen LogP contribution in [-0.2, 0) is 0 Å². The average molecular weight is 470 g/mol. The molecule has 32 heavy (non-hydrogen) atoms. The van der Waals surface area contributed by atoms with Crippen LogP contribution in [0.25, 0.3) is 10.9 Å². The summed E-state index contributed by atoms with van der Waals surface area (Å²) in [6.07, 6.45) is 2.84. The van der Waals surface area contributed by atoms with Crippen LogP contribution in [-0.4, -0.2) is 70.0 Å². The third-order valence-electron chi connectivity index (χ3n) is 7.39. The SMILES string of the molecule is [2H]C([2H])(Oc1nc(N2CCCC[C@H]3[C@H](F)[C@H]32)c2cnc(Cl)c(F)c2n1)[C@@]12CCCN1C[C@H](F)C2. The van der Waals surface area contributed by atoms with E-state index >= 15 is 4.39 Å². The molecule has 0 aromatic carbocycles. The van der Waals surface area contributed by atoms with E-state index in [1.165, 1.54) is 6.20 Å². The minimum atomic E-state index is -2.33. The summed E-state index contributed by atoms with van der Waals surface area (Å²) in [5, 5.41) is -0.119. The Bertz CT molecular complexity index is 1150. The van der Waals surface area contributed by atoms with Crippen LogP contribution in [0.2, 0.25) is 5.15 Å². The number of hydrogen-bond donors (Lipinski definition) is 0. The van der Waals surface area contributed by atoms with E-state index in [9.17, 15) is 8.78 Å². The van der Waals surface area contributed by atoms with Gasteiger partial charge in [0.1, 0.15) is 30.2 Å². The van der Waals surface area contributed by atoms with Crippen molar-refractivity contribution in [3.8, 4) is 6.01 Å². The molecule has 4 fully saturated rings. The van der Waals surface area contributed by atoms with E-state index in [-0.39, 0.29) is 52.8 Å². The van der Waals surface area contributed by atoms with Gasteiger partial charge in [0.15, 0.2) is 11.0 Å². The van der Waals surface area contributed by atoms with Gasteiger partial charge in [-0.15, -0.1) is 0 Å². The molecule has 1 aliphatic carbocycles. The second-order valence-electron chi connectivity index (χ2n) is 9.33. The van der Waals surface area contributed by atoms with E-state index in [1.54, 1.807) is 9.80 Å². The average Bonchev–Trinajstić information content (AvgIpc) is 3.14. The smallest absolute Gasteiger partial charge is 0.319 e. The number of fused-ring (bicyclic) bond motifs is 3. The van der Waals surface area contributed by atoms with Gasteiger partial charge in [0.05, 0.1) is 19.7 Å². The summed E-state index contributed by atoms with van der Waals surface area (Å²) in [5.41, 5.74) is -1.31. The maximum atomic E-state index is 15.0. The van der Waals surface area contributed by atoms with Gasteiger partial charge in [-0.2, -0.15) is 9.97 Å². The Kier molecular flexibility index (Phi) is 4.40. The topological polar surface area (TPSA) is 54.4 Å². The standard InChI is InChI=1S/C22H25ClF3N5O/c23-19-16(26)17-14(9-27-19)20(31-7-2-1-4-13-15(25)18(13)31)29-21(28-17)32-11-22-5-3-6-30(22)10-12(24)8-22/h9,12-13,15,18H,1-8,10-11H2/t12-,13+,15+,18+,22+/m1/s1/i11D2. The number of nitrogens with zero attached hydrogens (tertiary/aromatic N) is 5. The molecule has 0 spiro atoms. The molecule has 5 atom stereocenters. The largest absolute Gasteiger partial charge is 0.461 e. The van der Waals surface area contributed by atoms with Crippen molar-refractivity contribution in [2.75, 3.05) is 31.1 Å². The summed E-state index contributed by atoms with van der Waals surface area (Å²) in [7, 11) is 0. The second kappa shape index (κ2) is 7.58. The normalized spacial score (nSPS) is 35.8. The minimum Gasteiger partial charge on any atom is -0.461 e. The highest BCUT2D eigenvalue weighted by Gasteiger charge is 2.55. The van der Waals surface area contributed by atoms with Crippen LogP contribution < -0.4 is 9.64 Å². The number of hydrogen-bond acceptors (Lipinski definition) is 6. The van der Waals surface area contributed by atoms with Gasteiger partial charge in [0.2, 0.25) is 0 Å². The molecule has 6 nitrogen and oxygen atoms in total. The highest BCUT2D eigenvalue weighted by molar-refractivity contribution is 6.30. The highest BCUT2D eigenvalue weighted by Crippen LogP contribution is 2.48. The molecule has 0 bridgehead atoms. The maximum absolute atomic E-state index is 15.0. The van der Waals surface area contributed by atoms with Crippen LogP contribution in [0.15, 0.2) is 6.20 Å². The molecule has 1 saturated carbocycles. The van der Waals surface area contributed by atoms with Gasteiger partial charge in [-0.05, 0) is 32.2 Å². The van der Waals surface area contributed by atoms with E-state index in [0.717, 1.165) is 25.7 Å². The van der Waals surface area contributed by atoms with Gasteiger partial charge < -0.3 is 9.64 Å².